The summed E-state index contributed by atoms with van der Waals surface area (Å²) in [5.41, 5.74) is -1.32. The van der Waals surface area contributed by atoms with Crippen molar-refractivity contribution in [2.45, 2.75) is 6.18 Å². The van der Waals surface area contributed by atoms with Crippen molar-refractivity contribution in [1.29, 1.82) is 5.26 Å². The van der Waals surface area contributed by atoms with E-state index in [0.29, 0.717) is 0 Å². The molecule has 0 aliphatic rings. The van der Waals surface area contributed by atoms with Crippen LogP contribution in [0.25, 0.3) is 0 Å². The SMILES string of the molecule is N#Cc1ccc(Nc2cc(N=O)ccn2)cc1C(F)(F)F. The van der Waals surface area contributed by atoms with Crippen LogP contribution in [0.2, 0.25) is 0 Å². The molecular formula is C13H7F3N4O. The van der Waals surface area contributed by atoms with Gasteiger partial charge in [-0.3, -0.25) is 0 Å². The van der Waals surface area contributed by atoms with Gasteiger partial charge in [0.25, 0.3) is 0 Å². The van der Waals surface area contributed by atoms with E-state index in [1.165, 1.54) is 30.5 Å². The van der Waals surface area contributed by atoms with Crippen molar-refractivity contribution in [1.82, 2.24) is 4.98 Å². The largest absolute Gasteiger partial charge is 0.417 e. The van der Waals surface area contributed by atoms with Gasteiger partial charge in [-0.1, -0.05) is 0 Å². The summed E-state index contributed by atoms with van der Waals surface area (Å²) in [5.74, 6) is 0.171. The maximum absolute atomic E-state index is 12.8. The minimum Gasteiger partial charge on any atom is -0.340 e. The lowest BCUT2D eigenvalue weighted by Gasteiger charge is -2.12. The first-order valence-corrected chi connectivity index (χ1v) is 5.62. The van der Waals surface area contributed by atoms with Crippen LogP contribution < -0.4 is 5.32 Å². The third kappa shape index (κ3) is 3.33. The Morgan fingerprint density at radius 2 is 2.00 bits per heavy atom. The number of rotatable bonds is 3. The first-order valence-electron chi connectivity index (χ1n) is 5.62. The number of anilines is 2. The molecule has 21 heavy (non-hydrogen) atoms. The second-order valence-corrected chi connectivity index (χ2v) is 3.99. The number of aromatic nitrogens is 1. The van der Waals surface area contributed by atoms with Gasteiger partial charge in [-0.05, 0) is 29.4 Å². The Morgan fingerprint density at radius 1 is 1.24 bits per heavy atom. The molecule has 5 nitrogen and oxygen atoms in total. The number of hydrogen-bond acceptors (Lipinski definition) is 5. The standard InChI is InChI=1S/C13H7F3N4O/c14-13(15,16)11-5-9(2-1-8(11)7-17)19-12-6-10(20-21)3-4-18-12/h1-6H,(H,18,19). The zero-order valence-electron chi connectivity index (χ0n) is 10.3. The highest BCUT2D eigenvalue weighted by atomic mass is 19.4. The van der Waals surface area contributed by atoms with Crippen molar-refractivity contribution >= 4 is 17.2 Å². The maximum atomic E-state index is 12.8. The molecule has 2 rings (SSSR count). The Kier molecular flexibility index (Phi) is 3.84. The van der Waals surface area contributed by atoms with Gasteiger partial charge in [0.2, 0.25) is 0 Å². The fourth-order valence-electron chi connectivity index (χ4n) is 1.65. The van der Waals surface area contributed by atoms with Gasteiger partial charge in [0.1, 0.15) is 11.5 Å². The van der Waals surface area contributed by atoms with Crippen molar-refractivity contribution in [3.05, 3.63) is 52.6 Å². The fourth-order valence-corrected chi connectivity index (χ4v) is 1.65. The Bertz CT molecular complexity index is 722. The Hall–Kier alpha value is -2.95. The molecule has 2 aromatic rings. The fraction of sp³-hybridized carbons (Fsp3) is 0.0769. The van der Waals surface area contributed by atoms with E-state index in [0.717, 1.165) is 12.1 Å². The molecule has 0 aliphatic carbocycles. The second-order valence-electron chi connectivity index (χ2n) is 3.99. The molecule has 0 fully saturated rings. The smallest absolute Gasteiger partial charge is 0.340 e. The van der Waals surface area contributed by atoms with Crippen molar-refractivity contribution in [3.63, 3.8) is 0 Å². The highest BCUT2D eigenvalue weighted by molar-refractivity contribution is 5.62. The van der Waals surface area contributed by atoms with Gasteiger partial charge in [-0.25, -0.2) is 4.98 Å². The van der Waals surface area contributed by atoms with Crippen LogP contribution in [-0.4, -0.2) is 4.98 Å². The molecule has 0 spiro atoms. The lowest BCUT2D eigenvalue weighted by molar-refractivity contribution is -0.137. The molecule has 0 unspecified atom stereocenters. The van der Waals surface area contributed by atoms with Crippen molar-refractivity contribution in [3.8, 4) is 6.07 Å². The lowest BCUT2D eigenvalue weighted by atomic mass is 10.1. The van der Waals surface area contributed by atoms with Crippen molar-refractivity contribution < 1.29 is 13.2 Å². The van der Waals surface area contributed by atoms with E-state index in [4.69, 9.17) is 5.26 Å². The molecule has 8 heteroatoms. The molecule has 0 aliphatic heterocycles. The highest BCUT2D eigenvalue weighted by Gasteiger charge is 2.33. The number of nitrogens with zero attached hydrogens (tertiary/aromatic N) is 3. The number of halogens is 3. The Morgan fingerprint density at radius 3 is 2.62 bits per heavy atom. The summed E-state index contributed by atoms with van der Waals surface area (Å²) in [6.07, 6.45) is -3.34. The molecule has 0 atom stereocenters. The van der Waals surface area contributed by atoms with E-state index in [2.05, 4.69) is 15.5 Å². The molecule has 1 N–H and O–H groups in total. The molecule has 1 heterocycles. The summed E-state index contributed by atoms with van der Waals surface area (Å²) in [6, 6.07) is 7.33. The second kappa shape index (κ2) is 5.58. The van der Waals surface area contributed by atoms with Crippen LogP contribution in [-0.2, 0) is 6.18 Å². The van der Waals surface area contributed by atoms with Gasteiger partial charge in [0.15, 0.2) is 0 Å². The summed E-state index contributed by atoms with van der Waals surface area (Å²) < 4.78 is 38.5. The predicted molar refractivity (Wildman–Crippen MR) is 69.1 cm³/mol. The maximum Gasteiger partial charge on any atom is 0.417 e. The van der Waals surface area contributed by atoms with Crippen LogP contribution in [0.15, 0.2) is 41.7 Å². The Labute approximate surface area is 117 Å². The zero-order chi connectivity index (χ0) is 15.5. The van der Waals surface area contributed by atoms with Crippen LogP contribution in [0, 0.1) is 16.2 Å². The molecular weight excluding hydrogens is 285 g/mol. The molecule has 0 saturated heterocycles. The first-order chi connectivity index (χ1) is 9.94. The normalized spacial score (nSPS) is 10.8. The number of benzene rings is 1. The third-order valence-corrected chi connectivity index (χ3v) is 2.57. The molecule has 0 radical (unpaired) electrons. The molecule has 0 saturated carbocycles. The number of nitriles is 1. The van der Waals surface area contributed by atoms with Crippen LogP contribution in [0.1, 0.15) is 11.1 Å². The van der Waals surface area contributed by atoms with Gasteiger partial charge in [0.05, 0.1) is 17.2 Å². The number of nitroso groups, excluding NO2 is 1. The number of hydrogen-bond donors (Lipinski definition) is 1. The Balaban J connectivity index is 2.37. The van der Waals surface area contributed by atoms with E-state index in [1.807, 2.05) is 0 Å². The van der Waals surface area contributed by atoms with Gasteiger partial charge >= 0.3 is 6.18 Å². The molecule has 106 valence electrons. The number of pyridine rings is 1. The van der Waals surface area contributed by atoms with E-state index < -0.39 is 17.3 Å². The van der Waals surface area contributed by atoms with Gasteiger partial charge in [-0.2, -0.15) is 18.4 Å². The third-order valence-electron chi connectivity index (χ3n) is 2.57. The van der Waals surface area contributed by atoms with Crippen LogP contribution in [0.4, 0.5) is 30.4 Å². The summed E-state index contributed by atoms with van der Waals surface area (Å²) in [5, 5.41) is 14.0. The van der Waals surface area contributed by atoms with E-state index in [-0.39, 0.29) is 17.2 Å². The molecule has 0 bridgehead atoms. The molecule has 1 aromatic carbocycles. The highest BCUT2D eigenvalue weighted by Crippen LogP contribution is 2.34. The summed E-state index contributed by atoms with van der Waals surface area (Å²) in [4.78, 5) is 14.3. The lowest BCUT2D eigenvalue weighted by Crippen LogP contribution is -2.08. The minimum atomic E-state index is -4.64. The van der Waals surface area contributed by atoms with Crippen LogP contribution in [0.5, 0.6) is 0 Å². The molecule has 1 aromatic heterocycles. The number of nitrogens with one attached hydrogen (secondary N) is 1. The van der Waals surface area contributed by atoms with E-state index >= 15 is 0 Å². The van der Waals surface area contributed by atoms with Crippen LogP contribution >= 0.6 is 0 Å². The summed E-state index contributed by atoms with van der Waals surface area (Å²) in [6.45, 7) is 0. The van der Waals surface area contributed by atoms with Gasteiger partial charge < -0.3 is 5.32 Å². The van der Waals surface area contributed by atoms with E-state index in [9.17, 15) is 18.1 Å². The summed E-state index contributed by atoms with van der Waals surface area (Å²) >= 11 is 0. The zero-order valence-corrected chi connectivity index (χ0v) is 10.3. The van der Waals surface area contributed by atoms with Gasteiger partial charge in [-0.15, -0.1) is 4.91 Å². The minimum absolute atomic E-state index is 0.0943. The summed E-state index contributed by atoms with van der Waals surface area (Å²) in [7, 11) is 0. The molecule has 0 amide bonds. The predicted octanol–water partition coefficient (Wildman–Crippen LogP) is 4.11. The van der Waals surface area contributed by atoms with Crippen molar-refractivity contribution in [2.75, 3.05) is 5.32 Å². The average molecular weight is 292 g/mol. The van der Waals surface area contributed by atoms with Crippen molar-refractivity contribution in [2.24, 2.45) is 5.18 Å². The quantitative estimate of drug-likeness (QED) is 0.863. The number of alkyl halides is 3. The average Bonchev–Trinajstić information content (AvgIpc) is 2.46. The topological polar surface area (TPSA) is 78.1 Å². The van der Waals surface area contributed by atoms with Crippen LogP contribution in [0.3, 0.4) is 0 Å². The first kappa shape index (κ1) is 14.5. The van der Waals surface area contributed by atoms with E-state index in [1.54, 1.807) is 0 Å². The monoisotopic (exact) mass is 292 g/mol. The van der Waals surface area contributed by atoms with Gasteiger partial charge in [0, 0.05) is 18.0 Å².